The van der Waals surface area contributed by atoms with Gasteiger partial charge in [0.05, 0.1) is 8.07 Å². The van der Waals surface area contributed by atoms with Gasteiger partial charge < -0.3 is 12.7 Å². The third-order valence-corrected chi connectivity index (χ3v) is 18.2. The summed E-state index contributed by atoms with van der Waals surface area (Å²) in [5.41, 5.74) is 0.243. The van der Waals surface area contributed by atoms with Gasteiger partial charge in [0, 0.05) is 12.3 Å². The van der Waals surface area contributed by atoms with Crippen molar-refractivity contribution in [1.82, 2.24) is 0 Å². The summed E-state index contributed by atoms with van der Waals surface area (Å²) in [7, 11) is -5.98. The molecule has 0 N–H and O–H groups in total. The van der Waals surface area contributed by atoms with Crippen LogP contribution in [0.4, 0.5) is 0 Å². The lowest BCUT2D eigenvalue weighted by atomic mass is 9.93. The molecule has 3 nitrogen and oxygen atoms in total. The maximum atomic E-state index is 6.79. The van der Waals surface area contributed by atoms with Crippen LogP contribution in [0.5, 0.6) is 0 Å². The van der Waals surface area contributed by atoms with Crippen molar-refractivity contribution in [2.24, 2.45) is 5.41 Å². The van der Waals surface area contributed by atoms with Crippen LogP contribution in [0.1, 0.15) is 27.2 Å². The van der Waals surface area contributed by atoms with E-state index in [0.29, 0.717) is 5.16 Å². The van der Waals surface area contributed by atoms with Crippen molar-refractivity contribution in [3.63, 3.8) is 0 Å². The van der Waals surface area contributed by atoms with Crippen molar-refractivity contribution in [3.05, 3.63) is 0 Å². The molecule has 7 heteroatoms. The first-order chi connectivity index (χ1) is 9.81. The highest BCUT2D eigenvalue weighted by Gasteiger charge is 2.58. The first-order valence-corrected chi connectivity index (χ1v) is 21.0. The van der Waals surface area contributed by atoms with Crippen LogP contribution in [0.3, 0.4) is 0 Å². The summed E-state index contributed by atoms with van der Waals surface area (Å²) >= 11 is 0. The second kappa shape index (κ2) is 7.55. The lowest BCUT2D eigenvalue weighted by Crippen LogP contribution is -2.64. The van der Waals surface area contributed by atoms with Gasteiger partial charge in [0.1, 0.15) is 0 Å². The molecule has 0 saturated heterocycles. The van der Waals surface area contributed by atoms with Crippen LogP contribution in [-0.2, 0) is 12.7 Å². The smallest absolute Gasteiger partial charge is 0.416 e. The Labute approximate surface area is 150 Å². The molecule has 0 amide bonds. The van der Waals surface area contributed by atoms with Crippen molar-refractivity contribution in [2.75, 3.05) is 7.11 Å². The monoisotopic (exact) mass is 394 g/mol. The van der Waals surface area contributed by atoms with Gasteiger partial charge in [-0.25, -0.2) is 0 Å². The molecule has 0 aliphatic rings. The van der Waals surface area contributed by atoms with E-state index in [0.717, 1.165) is 6.42 Å². The summed E-state index contributed by atoms with van der Waals surface area (Å²) in [6, 6.07) is 0. The van der Waals surface area contributed by atoms with E-state index in [9.17, 15) is 0 Å². The molecule has 0 aromatic heterocycles. The zero-order valence-corrected chi connectivity index (χ0v) is 22.0. The maximum absolute atomic E-state index is 6.79. The zero-order valence-electron chi connectivity index (χ0n) is 18.0. The molecule has 0 rings (SSSR count). The molecular weight excluding hydrogens is 353 g/mol. The second-order valence-corrected chi connectivity index (χ2v) is 29.3. The van der Waals surface area contributed by atoms with Gasteiger partial charge in [0.15, 0.2) is 16.6 Å². The molecule has 140 valence electrons. The highest BCUT2D eigenvalue weighted by Crippen LogP contribution is 2.44. The largest absolute Gasteiger partial charge is 0.480 e. The predicted molar refractivity (Wildman–Crippen MR) is 113 cm³/mol. The van der Waals surface area contributed by atoms with Crippen molar-refractivity contribution in [3.8, 4) is 0 Å². The standard InChI is InChI=1S/C16H42O3Si4/c1-16(2,3)14-15(20(5,6)7)23(17-4,18-21(8,9)10)19-22(11,12)13/h15H,14H2,1-13H3. The summed E-state index contributed by atoms with van der Waals surface area (Å²) in [4.78, 5) is 0. The van der Waals surface area contributed by atoms with Gasteiger partial charge in [0.25, 0.3) is 0 Å². The van der Waals surface area contributed by atoms with Crippen molar-refractivity contribution >= 4 is 33.5 Å². The summed E-state index contributed by atoms with van der Waals surface area (Å²) in [5, 5.41) is 0.429. The van der Waals surface area contributed by atoms with Gasteiger partial charge in [-0.3, -0.25) is 0 Å². The Morgan fingerprint density at radius 2 is 1.09 bits per heavy atom. The van der Waals surface area contributed by atoms with Crippen LogP contribution in [0.2, 0.25) is 64.1 Å². The van der Waals surface area contributed by atoms with E-state index in [1.54, 1.807) is 0 Å². The fraction of sp³-hybridized carbons (Fsp3) is 1.00. The lowest BCUT2D eigenvalue weighted by Gasteiger charge is -2.48. The van der Waals surface area contributed by atoms with E-state index in [2.05, 4.69) is 79.7 Å². The van der Waals surface area contributed by atoms with Gasteiger partial charge in [-0.2, -0.15) is 0 Å². The molecule has 0 heterocycles. The Bertz CT molecular complexity index is 357. The molecule has 0 aromatic carbocycles. The minimum absolute atomic E-state index is 0.243. The quantitative estimate of drug-likeness (QED) is 0.475. The first-order valence-electron chi connectivity index (χ1n) is 8.77. The van der Waals surface area contributed by atoms with E-state index in [1.165, 1.54) is 0 Å². The predicted octanol–water partition coefficient (Wildman–Crippen LogP) is 5.96. The Morgan fingerprint density at radius 3 is 1.26 bits per heavy atom. The number of rotatable bonds is 8. The summed E-state index contributed by atoms with van der Waals surface area (Å²) in [6.07, 6.45) is 1.11. The molecule has 0 aromatic rings. The van der Waals surface area contributed by atoms with Gasteiger partial charge in [-0.1, -0.05) is 40.4 Å². The van der Waals surface area contributed by atoms with E-state index in [1.807, 2.05) is 7.11 Å². The average Bonchev–Trinajstić information content (AvgIpc) is 2.18. The second-order valence-electron chi connectivity index (χ2n) is 10.9. The molecule has 0 spiro atoms. The highest BCUT2D eigenvalue weighted by atomic mass is 28.5. The average molecular weight is 395 g/mol. The van der Waals surface area contributed by atoms with E-state index in [-0.39, 0.29) is 5.41 Å². The molecule has 0 saturated carbocycles. The molecule has 0 fully saturated rings. The van der Waals surface area contributed by atoms with Crippen LogP contribution in [0, 0.1) is 5.41 Å². The summed E-state index contributed by atoms with van der Waals surface area (Å²) in [5.74, 6) is 0. The van der Waals surface area contributed by atoms with E-state index in [4.69, 9.17) is 12.7 Å². The third-order valence-electron chi connectivity index (χ3n) is 3.47. The van der Waals surface area contributed by atoms with Crippen LogP contribution >= 0.6 is 0 Å². The lowest BCUT2D eigenvalue weighted by molar-refractivity contribution is 0.183. The van der Waals surface area contributed by atoms with Gasteiger partial charge in [0.2, 0.25) is 0 Å². The number of hydrogen-bond donors (Lipinski definition) is 0. The fourth-order valence-electron chi connectivity index (χ4n) is 2.82. The van der Waals surface area contributed by atoms with Crippen molar-refractivity contribution in [2.45, 2.75) is 91.3 Å². The molecule has 0 aliphatic carbocycles. The van der Waals surface area contributed by atoms with Crippen molar-refractivity contribution in [1.29, 1.82) is 0 Å². The Morgan fingerprint density at radius 1 is 0.739 bits per heavy atom. The van der Waals surface area contributed by atoms with Crippen LogP contribution < -0.4 is 0 Å². The SMILES string of the molecule is CO[Si](O[Si](C)(C)C)(O[Si](C)(C)C)C(CC(C)(C)C)[Si](C)(C)C. The normalized spacial score (nSPS) is 16.6. The fourth-order valence-corrected chi connectivity index (χ4v) is 20.0. The zero-order chi connectivity index (χ0) is 18.9. The Kier molecular flexibility index (Phi) is 7.80. The first kappa shape index (κ1) is 23.7. The van der Waals surface area contributed by atoms with Gasteiger partial charge in [-0.05, 0) is 51.1 Å². The van der Waals surface area contributed by atoms with Gasteiger partial charge >= 0.3 is 8.80 Å². The van der Waals surface area contributed by atoms with Crippen LogP contribution in [0.25, 0.3) is 0 Å². The third kappa shape index (κ3) is 9.13. The van der Waals surface area contributed by atoms with Crippen molar-refractivity contribution < 1.29 is 12.7 Å². The maximum Gasteiger partial charge on any atom is 0.480 e. The molecule has 1 atom stereocenters. The molecule has 1 unspecified atom stereocenters. The number of hydrogen-bond acceptors (Lipinski definition) is 3. The molecule has 23 heavy (non-hydrogen) atoms. The van der Waals surface area contributed by atoms with E-state index >= 15 is 0 Å². The van der Waals surface area contributed by atoms with Crippen LogP contribution in [-0.4, -0.2) is 40.6 Å². The van der Waals surface area contributed by atoms with Gasteiger partial charge in [-0.15, -0.1) is 0 Å². The molecule has 0 radical (unpaired) electrons. The highest BCUT2D eigenvalue weighted by molar-refractivity contribution is 6.96. The van der Waals surface area contributed by atoms with Crippen LogP contribution in [0.15, 0.2) is 0 Å². The summed E-state index contributed by atoms with van der Waals surface area (Å²) < 4.78 is 19.8. The topological polar surface area (TPSA) is 27.7 Å². The molecule has 0 aliphatic heterocycles. The molecular formula is C16H42O3Si4. The Hall–Kier alpha value is 0.748. The van der Waals surface area contributed by atoms with E-state index < -0.39 is 33.5 Å². The molecule has 0 bridgehead atoms. The minimum Gasteiger partial charge on any atom is -0.416 e. The summed E-state index contributed by atoms with van der Waals surface area (Å²) in [6.45, 7) is 27.8. The minimum atomic E-state index is -2.73. The Balaban J connectivity index is 6.09.